The van der Waals surface area contributed by atoms with Crippen molar-refractivity contribution in [2.24, 2.45) is 0 Å². The van der Waals surface area contributed by atoms with E-state index in [-0.39, 0.29) is 6.61 Å². The van der Waals surface area contributed by atoms with Crippen LogP contribution in [0.1, 0.15) is 6.42 Å². The predicted octanol–water partition coefficient (Wildman–Crippen LogP) is 2.02. The number of aliphatic hydroxyl groups excluding tert-OH is 1. The van der Waals surface area contributed by atoms with Gasteiger partial charge >= 0.3 is 0 Å². The molecule has 0 amide bonds. The Morgan fingerprint density at radius 2 is 2.31 bits per heavy atom. The molecule has 0 fully saturated rings. The Bertz CT molecular complexity index is 390. The number of aliphatic hydroxyl groups is 1. The lowest BCUT2D eigenvalue weighted by atomic mass is 10.2. The molecule has 0 saturated carbocycles. The summed E-state index contributed by atoms with van der Waals surface area (Å²) in [4.78, 5) is 1.47. The maximum Gasteiger partial charge on any atom is 0.184 e. The van der Waals surface area contributed by atoms with Crippen molar-refractivity contribution in [2.75, 3.05) is 25.2 Å². The fourth-order valence-electron chi connectivity index (χ4n) is 1.29. The number of methoxy groups -OCH3 is 1. The topological polar surface area (TPSA) is 56.5 Å². The molecule has 4 nitrogen and oxygen atoms in total. The van der Waals surface area contributed by atoms with Crippen LogP contribution in [-0.2, 0) is 0 Å². The monoisotopic (exact) mass is 240 g/mol. The van der Waals surface area contributed by atoms with Crippen molar-refractivity contribution < 1.29 is 9.84 Å². The highest BCUT2D eigenvalue weighted by Crippen LogP contribution is 2.28. The molecule has 0 unspecified atom stereocenters. The summed E-state index contributed by atoms with van der Waals surface area (Å²) in [5.41, 5.74) is 0.696. The highest BCUT2D eigenvalue weighted by molar-refractivity contribution is 6.32. The van der Waals surface area contributed by atoms with Crippen LogP contribution in [0, 0.1) is 11.5 Å². The molecule has 0 aliphatic carbocycles. The van der Waals surface area contributed by atoms with Crippen LogP contribution in [-0.4, -0.2) is 25.4 Å². The molecule has 0 bridgehead atoms. The number of ether oxygens (including phenoxy) is 1. The van der Waals surface area contributed by atoms with Gasteiger partial charge in [-0.1, -0.05) is 11.6 Å². The fourth-order valence-corrected chi connectivity index (χ4v) is 1.54. The second-order valence-corrected chi connectivity index (χ2v) is 3.55. The lowest BCUT2D eigenvalue weighted by molar-refractivity contribution is 0.291. The van der Waals surface area contributed by atoms with E-state index < -0.39 is 0 Å². The van der Waals surface area contributed by atoms with Crippen molar-refractivity contribution in [3.63, 3.8) is 0 Å². The maximum absolute atomic E-state index is 8.94. The van der Waals surface area contributed by atoms with Gasteiger partial charge in [-0.3, -0.25) is 4.90 Å². The third kappa shape index (κ3) is 3.02. The molecule has 0 aliphatic heterocycles. The molecule has 0 heterocycles. The first kappa shape index (κ1) is 12.6. The van der Waals surface area contributed by atoms with Gasteiger partial charge in [0.15, 0.2) is 6.19 Å². The largest absolute Gasteiger partial charge is 0.495 e. The van der Waals surface area contributed by atoms with E-state index in [9.17, 15) is 0 Å². The molecule has 16 heavy (non-hydrogen) atoms. The fraction of sp³-hybridized carbons (Fsp3) is 0.364. The van der Waals surface area contributed by atoms with E-state index in [4.69, 9.17) is 26.7 Å². The molecular weight excluding hydrogens is 228 g/mol. The van der Waals surface area contributed by atoms with E-state index >= 15 is 0 Å². The lowest BCUT2D eigenvalue weighted by Crippen LogP contribution is -2.18. The quantitative estimate of drug-likeness (QED) is 0.632. The van der Waals surface area contributed by atoms with Crippen molar-refractivity contribution in [3.05, 3.63) is 23.2 Å². The molecule has 1 aromatic carbocycles. The Labute approximate surface area is 99.6 Å². The Hall–Kier alpha value is -1.44. The van der Waals surface area contributed by atoms with E-state index in [1.165, 1.54) is 12.0 Å². The summed E-state index contributed by atoms with van der Waals surface area (Å²) in [6.07, 6.45) is 2.58. The molecule has 1 N–H and O–H groups in total. The van der Waals surface area contributed by atoms with E-state index in [0.717, 1.165) is 0 Å². The molecule has 0 radical (unpaired) electrons. The first-order valence-electron chi connectivity index (χ1n) is 4.84. The summed E-state index contributed by atoms with van der Waals surface area (Å²) in [7, 11) is 1.54. The minimum absolute atomic E-state index is 0.0576. The number of anilines is 1. The molecule has 1 aromatic rings. The molecule has 0 atom stereocenters. The molecule has 86 valence electrons. The SMILES string of the molecule is COc1ccc(N(C#N)CCCO)cc1Cl. The van der Waals surface area contributed by atoms with Gasteiger partial charge in [-0.05, 0) is 24.6 Å². The van der Waals surface area contributed by atoms with Gasteiger partial charge in [0.1, 0.15) is 5.75 Å². The molecule has 0 saturated heterocycles. The third-order valence-electron chi connectivity index (χ3n) is 2.11. The zero-order chi connectivity index (χ0) is 12.0. The van der Waals surface area contributed by atoms with Gasteiger partial charge in [-0.2, -0.15) is 5.26 Å². The van der Waals surface area contributed by atoms with Gasteiger partial charge < -0.3 is 9.84 Å². The normalized spacial score (nSPS) is 9.62. The van der Waals surface area contributed by atoms with Crippen LogP contribution in [0.4, 0.5) is 5.69 Å². The summed E-state index contributed by atoms with van der Waals surface area (Å²) in [6.45, 7) is 0.526. The molecule has 0 aromatic heterocycles. The van der Waals surface area contributed by atoms with Crippen LogP contribution >= 0.6 is 11.6 Å². The second kappa shape index (κ2) is 6.21. The highest BCUT2D eigenvalue weighted by Gasteiger charge is 2.08. The number of hydrogen-bond acceptors (Lipinski definition) is 4. The molecular formula is C11H13ClN2O2. The van der Waals surface area contributed by atoms with E-state index in [0.29, 0.717) is 29.4 Å². The Balaban J connectivity index is 2.86. The molecule has 1 rings (SSSR count). The number of hydrogen-bond donors (Lipinski definition) is 1. The standard InChI is InChI=1S/C11H13ClN2O2/c1-16-11-4-3-9(7-10(11)12)14(8-13)5-2-6-15/h3-4,7,15H,2,5-6H2,1H3. The summed E-state index contributed by atoms with van der Waals surface area (Å²) in [5.74, 6) is 0.575. The Kier molecular flexibility index (Phi) is 4.90. The van der Waals surface area contributed by atoms with Crippen LogP contribution in [0.25, 0.3) is 0 Å². The average Bonchev–Trinajstić information content (AvgIpc) is 2.30. The Morgan fingerprint density at radius 1 is 1.56 bits per heavy atom. The number of rotatable bonds is 5. The van der Waals surface area contributed by atoms with E-state index in [1.807, 2.05) is 6.19 Å². The van der Waals surface area contributed by atoms with Crippen molar-refractivity contribution in [3.8, 4) is 11.9 Å². The minimum atomic E-state index is 0.0576. The Morgan fingerprint density at radius 3 is 2.81 bits per heavy atom. The van der Waals surface area contributed by atoms with Crippen LogP contribution in [0.2, 0.25) is 5.02 Å². The van der Waals surface area contributed by atoms with E-state index in [2.05, 4.69) is 0 Å². The second-order valence-electron chi connectivity index (χ2n) is 3.15. The van der Waals surface area contributed by atoms with Crippen molar-refractivity contribution in [1.82, 2.24) is 0 Å². The van der Waals surface area contributed by atoms with Gasteiger partial charge in [0.25, 0.3) is 0 Å². The van der Waals surface area contributed by atoms with Crippen molar-refractivity contribution in [1.29, 1.82) is 5.26 Å². The van der Waals surface area contributed by atoms with Gasteiger partial charge in [-0.15, -0.1) is 0 Å². The highest BCUT2D eigenvalue weighted by atomic mass is 35.5. The van der Waals surface area contributed by atoms with Crippen molar-refractivity contribution >= 4 is 17.3 Å². The predicted molar refractivity (Wildman–Crippen MR) is 62.7 cm³/mol. The summed E-state index contributed by atoms with van der Waals surface area (Å²) in [5, 5.41) is 18.1. The summed E-state index contributed by atoms with van der Waals surface area (Å²) >= 11 is 5.95. The average molecular weight is 241 g/mol. The number of nitriles is 1. The van der Waals surface area contributed by atoms with Gasteiger partial charge in [0, 0.05) is 13.2 Å². The number of nitrogens with zero attached hydrogens (tertiary/aromatic N) is 2. The molecule has 5 heteroatoms. The molecule has 0 aliphatic rings. The number of halogens is 1. The van der Waals surface area contributed by atoms with Gasteiger partial charge in [0.05, 0.1) is 17.8 Å². The maximum atomic E-state index is 8.94. The smallest absolute Gasteiger partial charge is 0.184 e. The zero-order valence-corrected chi connectivity index (χ0v) is 9.74. The van der Waals surface area contributed by atoms with Crippen LogP contribution in [0.5, 0.6) is 5.75 Å². The van der Waals surface area contributed by atoms with Crippen LogP contribution < -0.4 is 9.64 Å². The van der Waals surface area contributed by atoms with Gasteiger partial charge in [0.2, 0.25) is 0 Å². The minimum Gasteiger partial charge on any atom is -0.495 e. The zero-order valence-electron chi connectivity index (χ0n) is 8.98. The number of benzene rings is 1. The van der Waals surface area contributed by atoms with Crippen molar-refractivity contribution in [2.45, 2.75) is 6.42 Å². The first-order valence-corrected chi connectivity index (χ1v) is 5.22. The van der Waals surface area contributed by atoms with Crippen LogP contribution in [0.3, 0.4) is 0 Å². The lowest BCUT2D eigenvalue weighted by Gasteiger charge is -2.15. The van der Waals surface area contributed by atoms with Crippen LogP contribution in [0.15, 0.2) is 18.2 Å². The first-order chi connectivity index (χ1) is 7.72. The summed E-state index contributed by atoms with van der Waals surface area (Å²) < 4.78 is 5.02. The van der Waals surface area contributed by atoms with E-state index in [1.54, 1.807) is 18.2 Å². The van der Waals surface area contributed by atoms with Gasteiger partial charge in [-0.25, -0.2) is 0 Å². The molecule has 0 spiro atoms. The summed E-state index contributed by atoms with van der Waals surface area (Å²) in [6, 6.07) is 5.13. The third-order valence-corrected chi connectivity index (χ3v) is 2.40.